The SMILES string of the molecule is CCc1cc(N2CCN(C)CC2)ncc1Nc1ncc(C(F)(F)F)c(NCCCN2CCCOC2=O)n1.CN1C[C@H]2C[C@@H]1CN2c1ccc(Nc2ncc(C(F)(F)F)c(NCCCN3CCOCCC3=O)n2)c(C2CC2)c1. The molecule has 5 saturated heterocycles. The molecule has 4 aromatic rings. The molecule has 2 atom stereocenters. The number of fused-ring (bicyclic) bond motifs is 2. The van der Waals surface area contributed by atoms with Gasteiger partial charge in [-0.3, -0.25) is 9.69 Å². The number of hydrogen-bond donors (Lipinski definition) is 4. The fraction of sp³-hybridized carbons (Fsp3) is 0.596. The summed E-state index contributed by atoms with van der Waals surface area (Å²) >= 11 is 0. The van der Waals surface area contributed by atoms with Crippen molar-refractivity contribution in [3.8, 4) is 0 Å². The molecule has 8 heterocycles. The maximum atomic E-state index is 13.7. The molecule has 25 heteroatoms. The molecule has 10 rings (SSSR count). The average molecular weight is 1080 g/mol. The quantitative estimate of drug-likeness (QED) is 0.0562. The second kappa shape index (κ2) is 24.5. The van der Waals surface area contributed by atoms with Gasteiger partial charge in [-0.25, -0.2) is 19.7 Å². The predicted octanol–water partition coefficient (Wildman–Crippen LogP) is 7.65. The molecule has 6 aliphatic rings. The highest BCUT2D eigenvalue weighted by molar-refractivity contribution is 5.76. The van der Waals surface area contributed by atoms with E-state index in [-0.39, 0.29) is 42.5 Å². The molecule has 1 saturated carbocycles. The molecule has 77 heavy (non-hydrogen) atoms. The van der Waals surface area contributed by atoms with Crippen molar-refractivity contribution in [3.05, 3.63) is 65.1 Å². The summed E-state index contributed by atoms with van der Waals surface area (Å²) in [6, 6.07) is 9.46. The van der Waals surface area contributed by atoms with Crippen LogP contribution >= 0.6 is 0 Å². The molecular formula is C52H69F6N15O4. The zero-order valence-electron chi connectivity index (χ0n) is 43.9. The second-order valence-corrected chi connectivity index (χ2v) is 20.4. The van der Waals surface area contributed by atoms with Crippen LogP contribution < -0.4 is 31.1 Å². The summed E-state index contributed by atoms with van der Waals surface area (Å²) in [4.78, 5) is 57.4. The third kappa shape index (κ3) is 14.2. The molecule has 0 unspecified atom stereocenters. The minimum Gasteiger partial charge on any atom is -0.449 e. The minimum absolute atomic E-state index is 0.00376. The van der Waals surface area contributed by atoms with Crippen LogP contribution in [-0.4, -0.2) is 181 Å². The third-order valence-corrected chi connectivity index (χ3v) is 14.9. The number of hydrogen-bond acceptors (Lipinski definition) is 17. The summed E-state index contributed by atoms with van der Waals surface area (Å²) in [5, 5.41) is 11.9. The van der Waals surface area contributed by atoms with Gasteiger partial charge in [0.15, 0.2) is 0 Å². The number of pyridine rings is 1. The van der Waals surface area contributed by atoms with E-state index >= 15 is 0 Å². The van der Waals surface area contributed by atoms with Gasteiger partial charge in [0, 0.05) is 114 Å². The highest BCUT2D eigenvalue weighted by atomic mass is 19.4. The summed E-state index contributed by atoms with van der Waals surface area (Å²) in [7, 11) is 4.27. The molecule has 2 bridgehead atoms. The number of likely N-dealkylation sites (N-methyl/N-ethyl adjacent to an activating group) is 2. The lowest BCUT2D eigenvalue weighted by molar-refractivity contribution is -0.138. The Morgan fingerprint density at radius 2 is 1.38 bits per heavy atom. The number of nitrogens with one attached hydrogen (secondary N) is 4. The van der Waals surface area contributed by atoms with Crippen LogP contribution in [0, 0.1) is 0 Å². The summed E-state index contributed by atoms with van der Waals surface area (Å²) in [5.41, 5.74) is 2.96. The van der Waals surface area contributed by atoms with E-state index in [4.69, 9.17) is 9.47 Å². The number of ether oxygens (including phenoxy) is 2. The van der Waals surface area contributed by atoms with Crippen molar-refractivity contribution in [3.63, 3.8) is 0 Å². The Balaban J connectivity index is 0.000000188. The topological polar surface area (TPSA) is 185 Å². The molecule has 1 aliphatic carbocycles. The van der Waals surface area contributed by atoms with Gasteiger partial charge in [0.05, 0.1) is 38.1 Å². The highest BCUT2D eigenvalue weighted by Gasteiger charge is 2.42. The summed E-state index contributed by atoms with van der Waals surface area (Å²) in [6.45, 7) is 11.4. The summed E-state index contributed by atoms with van der Waals surface area (Å²) < 4.78 is 92.3. The number of anilines is 8. The van der Waals surface area contributed by atoms with E-state index in [1.54, 1.807) is 16.0 Å². The van der Waals surface area contributed by atoms with E-state index < -0.39 is 29.6 Å². The largest absolute Gasteiger partial charge is 0.449 e. The lowest BCUT2D eigenvalue weighted by Crippen LogP contribution is -2.44. The number of carbonyl (C=O) groups excluding carboxylic acids is 2. The first-order valence-corrected chi connectivity index (χ1v) is 26.7. The number of amides is 2. The number of halogens is 6. The molecule has 2 amide bonds. The Morgan fingerprint density at radius 3 is 1.97 bits per heavy atom. The third-order valence-electron chi connectivity index (χ3n) is 14.9. The molecule has 4 N–H and O–H groups in total. The Hall–Kier alpha value is -6.47. The van der Waals surface area contributed by atoms with Crippen molar-refractivity contribution in [2.24, 2.45) is 0 Å². The Morgan fingerprint density at radius 1 is 0.714 bits per heavy atom. The first-order chi connectivity index (χ1) is 37.0. The van der Waals surface area contributed by atoms with Crippen LogP contribution in [0.2, 0.25) is 0 Å². The van der Waals surface area contributed by atoms with E-state index in [2.05, 4.69) is 92.0 Å². The van der Waals surface area contributed by atoms with E-state index in [9.17, 15) is 35.9 Å². The normalized spacial score (nSPS) is 20.4. The molecule has 0 spiro atoms. The van der Waals surface area contributed by atoms with Crippen molar-refractivity contribution < 1.29 is 45.4 Å². The van der Waals surface area contributed by atoms with Crippen molar-refractivity contribution in [1.29, 1.82) is 0 Å². The molecule has 19 nitrogen and oxygen atoms in total. The number of rotatable bonds is 18. The van der Waals surface area contributed by atoms with Gasteiger partial charge in [0.1, 0.15) is 28.6 Å². The minimum atomic E-state index is -4.61. The van der Waals surface area contributed by atoms with Crippen LogP contribution in [0.15, 0.2) is 42.9 Å². The van der Waals surface area contributed by atoms with Crippen LogP contribution in [0.1, 0.15) is 80.0 Å². The zero-order chi connectivity index (χ0) is 54.3. The number of likely N-dealkylation sites (tertiary alicyclic amines) is 1. The second-order valence-electron chi connectivity index (χ2n) is 20.4. The van der Waals surface area contributed by atoms with Crippen LogP contribution in [0.5, 0.6) is 0 Å². The highest BCUT2D eigenvalue weighted by Crippen LogP contribution is 2.46. The van der Waals surface area contributed by atoms with Gasteiger partial charge in [-0.2, -0.15) is 36.3 Å². The fourth-order valence-corrected chi connectivity index (χ4v) is 10.4. The Bertz CT molecular complexity index is 2670. The van der Waals surface area contributed by atoms with Crippen molar-refractivity contribution in [2.45, 2.75) is 88.6 Å². The van der Waals surface area contributed by atoms with Crippen LogP contribution in [0.4, 0.5) is 77.5 Å². The number of cyclic esters (lactones) is 1. The summed E-state index contributed by atoms with van der Waals surface area (Å²) in [6.07, 6.45) is -0.242. The molecule has 418 valence electrons. The van der Waals surface area contributed by atoms with Gasteiger partial charge in [-0.15, -0.1) is 0 Å². The summed E-state index contributed by atoms with van der Waals surface area (Å²) in [5.74, 6) is 0.895. The van der Waals surface area contributed by atoms with Gasteiger partial charge >= 0.3 is 18.4 Å². The number of aromatic nitrogens is 5. The van der Waals surface area contributed by atoms with Gasteiger partial charge < -0.3 is 55.2 Å². The molecule has 1 aromatic carbocycles. The first kappa shape index (κ1) is 55.3. The number of aryl methyl sites for hydroxylation is 1. The van der Waals surface area contributed by atoms with E-state index in [0.29, 0.717) is 95.4 Å². The monoisotopic (exact) mass is 1080 g/mol. The van der Waals surface area contributed by atoms with E-state index in [0.717, 1.165) is 93.6 Å². The Labute approximate surface area is 444 Å². The van der Waals surface area contributed by atoms with Crippen molar-refractivity contribution in [1.82, 2.24) is 44.5 Å². The van der Waals surface area contributed by atoms with E-state index in [1.807, 2.05) is 19.1 Å². The lowest BCUT2D eigenvalue weighted by Gasteiger charge is -2.34. The van der Waals surface area contributed by atoms with Gasteiger partial charge in [-0.1, -0.05) is 6.92 Å². The molecule has 5 aliphatic heterocycles. The maximum absolute atomic E-state index is 13.7. The molecule has 0 radical (unpaired) electrons. The van der Waals surface area contributed by atoms with Crippen LogP contribution in [0.25, 0.3) is 0 Å². The predicted molar refractivity (Wildman–Crippen MR) is 280 cm³/mol. The smallest absolute Gasteiger partial charge is 0.421 e. The van der Waals surface area contributed by atoms with Gasteiger partial charge in [0.25, 0.3) is 0 Å². The standard InChI is InChI=1S/C28H36F3N7O2.C24H33F3N8O2/c1-36-16-21-13-20(36)17-38(21)19-5-6-24(22(14-19)18-3-4-18)34-27-33-15-23(28(29,30)31)26(35-27)32-8-2-9-37-10-12-40-11-7-25(37)39;1-3-17-14-20(34-11-9-33(2)10-12-34)29-16-19(17)31-22-30-15-18(24(25,26)27)21(32-22)28-6-4-7-35-8-5-13-37-23(35)36/h5-6,14-15,18,20-21H,2-4,7-13,16-17H2,1H3,(H2,32,33,34,35);14-16H,3-13H2,1-2H3,(H2,28,30,31,32)/t20-,21-;/m1./s1. The van der Waals surface area contributed by atoms with Crippen LogP contribution in [-0.2, 0) is 33.0 Å². The van der Waals surface area contributed by atoms with Gasteiger partial charge in [-0.05, 0) is 100 Å². The Kier molecular flexibility index (Phi) is 17.6. The number of carbonyl (C=O) groups is 2. The van der Waals surface area contributed by atoms with Crippen molar-refractivity contribution >= 4 is 58.4 Å². The first-order valence-electron chi connectivity index (χ1n) is 26.7. The van der Waals surface area contributed by atoms with Crippen LogP contribution in [0.3, 0.4) is 0 Å². The van der Waals surface area contributed by atoms with Gasteiger partial charge in [0.2, 0.25) is 17.8 Å². The zero-order valence-corrected chi connectivity index (χ0v) is 43.9. The maximum Gasteiger partial charge on any atom is 0.421 e. The molecule has 3 aromatic heterocycles. The fourth-order valence-electron chi connectivity index (χ4n) is 10.4. The number of piperazine rings is 2. The van der Waals surface area contributed by atoms with Crippen molar-refractivity contribution in [2.75, 3.05) is 144 Å². The molecular weight excluding hydrogens is 1010 g/mol. The van der Waals surface area contributed by atoms with E-state index in [1.165, 1.54) is 12.1 Å². The number of alkyl halides is 6. The lowest BCUT2D eigenvalue weighted by atomic mass is 10.1. The number of nitrogens with zero attached hydrogens (tertiary/aromatic N) is 11. The average Bonchev–Trinajstić information content (AvgIpc) is 4.13. The molecule has 6 fully saturated rings. The number of benzene rings is 1.